The lowest BCUT2D eigenvalue weighted by Gasteiger charge is -2.10. The van der Waals surface area contributed by atoms with Crippen molar-refractivity contribution in [3.8, 4) is 0 Å². The summed E-state index contributed by atoms with van der Waals surface area (Å²) in [5.41, 5.74) is 0. The van der Waals surface area contributed by atoms with E-state index in [9.17, 15) is 4.79 Å². The summed E-state index contributed by atoms with van der Waals surface area (Å²) < 4.78 is 0. The maximum absolute atomic E-state index is 11.6. The first-order chi connectivity index (χ1) is 8.72. The van der Waals surface area contributed by atoms with Crippen LogP contribution in [0.4, 0.5) is 0 Å². The van der Waals surface area contributed by atoms with Crippen molar-refractivity contribution in [2.45, 2.75) is 76.0 Å². The van der Waals surface area contributed by atoms with Crippen LogP contribution >= 0.6 is 15.9 Å². The standard InChI is InChI=1S/C15H28BrNO/c1-2-3-4-5-6-7-8-15(18)17-12-13-9-10-14(16)11-13/h13-14H,2-12H2,1H3,(H,17,18). The molecule has 2 nitrogen and oxygen atoms in total. The zero-order valence-corrected chi connectivity index (χ0v) is 13.3. The van der Waals surface area contributed by atoms with Gasteiger partial charge in [0.2, 0.25) is 5.91 Å². The molecule has 0 saturated heterocycles. The molecule has 1 aliphatic rings. The van der Waals surface area contributed by atoms with Crippen LogP contribution in [-0.4, -0.2) is 17.3 Å². The monoisotopic (exact) mass is 317 g/mol. The van der Waals surface area contributed by atoms with Crippen molar-refractivity contribution in [1.82, 2.24) is 5.32 Å². The highest BCUT2D eigenvalue weighted by atomic mass is 79.9. The highest BCUT2D eigenvalue weighted by Gasteiger charge is 2.22. The van der Waals surface area contributed by atoms with Gasteiger partial charge in [-0.3, -0.25) is 4.79 Å². The molecule has 1 amide bonds. The van der Waals surface area contributed by atoms with Crippen LogP contribution in [0.3, 0.4) is 0 Å². The Hall–Kier alpha value is -0.0500. The Morgan fingerprint density at radius 2 is 1.89 bits per heavy atom. The average molecular weight is 318 g/mol. The van der Waals surface area contributed by atoms with Crippen LogP contribution in [0.25, 0.3) is 0 Å². The number of carbonyl (C=O) groups excluding carboxylic acids is 1. The van der Waals surface area contributed by atoms with Crippen molar-refractivity contribution < 1.29 is 4.79 Å². The summed E-state index contributed by atoms with van der Waals surface area (Å²) in [4.78, 5) is 12.3. The number of halogens is 1. The predicted molar refractivity (Wildman–Crippen MR) is 81.1 cm³/mol. The van der Waals surface area contributed by atoms with E-state index in [1.807, 2.05) is 0 Å². The van der Waals surface area contributed by atoms with Gasteiger partial charge >= 0.3 is 0 Å². The summed E-state index contributed by atoms with van der Waals surface area (Å²) in [6, 6.07) is 0. The van der Waals surface area contributed by atoms with Gasteiger partial charge in [0.1, 0.15) is 0 Å². The molecular formula is C15H28BrNO. The van der Waals surface area contributed by atoms with E-state index < -0.39 is 0 Å². The second-order valence-corrected chi connectivity index (χ2v) is 6.89. The summed E-state index contributed by atoms with van der Waals surface area (Å²) in [6.07, 6.45) is 12.0. The van der Waals surface area contributed by atoms with Crippen LogP contribution in [0, 0.1) is 5.92 Å². The van der Waals surface area contributed by atoms with Gasteiger partial charge in [-0.15, -0.1) is 0 Å². The van der Waals surface area contributed by atoms with E-state index in [1.165, 1.54) is 51.4 Å². The number of nitrogens with one attached hydrogen (secondary N) is 1. The second kappa shape index (κ2) is 9.82. The molecule has 3 heteroatoms. The van der Waals surface area contributed by atoms with Crippen molar-refractivity contribution in [1.29, 1.82) is 0 Å². The maximum atomic E-state index is 11.6. The third kappa shape index (κ3) is 7.40. The molecule has 2 atom stereocenters. The van der Waals surface area contributed by atoms with Crippen LogP contribution in [0.2, 0.25) is 0 Å². The molecule has 1 aliphatic carbocycles. The van der Waals surface area contributed by atoms with Gasteiger partial charge in [-0.2, -0.15) is 0 Å². The van der Waals surface area contributed by atoms with Crippen LogP contribution in [0.1, 0.15) is 71.1 Å². The highest BCUT2D eigenvalue weighted by molar-refractivity contribution is 9.09. The molecule has 0 aromatic heterocycles. The van der Waals surface area contributed by atoms with E-state index >= 15 is 0 Å². The van der Waals surface area contributed by atoms with Gasteiger partial charge in [-0.1, -0.05) is 55.0 Å². The van der Waals surface area contributed by atoms with E-state index in [0.717, 1.165) is 19.4 Å². The zero-order valence-electron chi connectivity index (χ0n) is 11.7. The molecule has 1 rings (SSSR count). The van der Waals surface area contributed by atoms with E-state index in [2.05, 4.69) is 28.2 Å². The molecule has 1 N–H and O–H groups in total. The Morgan fingerprint density at radius 3 is 2.56 bits per heavy atom. The second-order valence-electron chi connectivity index (χ2n) is 5.60. The number of hydrogen-bond donors (Lipinski definition) is 1. The molecule has 0 spiro atoms. The van der Waals surface area contributed by atoms with E-state index in [-0.39, 0.29) is 5.91 Å². The number of rotatable bonds is 9. The van der Waals surface area contributed by atoms with Gasteiger partial charge in [0.05, 0.1) is 0 Å². The molecule has 1 fully saturated rings. The Kier molecular flexibility index (Phi) is 8.74. The lowest BCUT2D eigenvalue weighted by Crippen LogP contribution is -2.28. The van der Waals surface area contributed by atoms with Crippen LogP contribution in [-0.2, 0) is 4.79 Å². The summed E-state index contributed by atoms with van der Waals surface area (Å²) in [5, 5.41) is 3.09. The molecular weight excluding hydrogens is 290 g/mol. The van der Waals surface area contributed by atoms with Crippen LogP contribution in [0.15, 0.2) is 0 Å². The first-order valence-electron chi connectivity index (χ1n) is 7.63. The minimum absolute atomic E-state index is 0.253. The van der Waals surface area contributed by atoms with E-state index in [0.29, 0.717) is 10.7 Å². The predicted octanol–water partition coefficient (Wildman–Crippen LogP) is 4.42. The lowest BCUT2D eigenvalue weighted by atomic mass is 10.1. The molecule has 0 aromatic carbocycles. The van der Waals surface area contributed by atoms with Crippen molar-refractivity contribution in [3.05, 3.63) is 0 Å². The van der Waals surface area contributed by atoms with Gasteiger partial charge < -0.3 is 5.32 Å². The Bertz CT molecular complexity index is 233. The average Bonchev–Trinajstić information content (AvgIpc) is 2.77. The minimum Gasteiger partial charge on any atom is -0.356 e. The molecule has 0 bridgehead atoms. The molecule has 18 heavy (non-hydrogen) atoms. The number of hydrogen-bond acceptors (Lipinski definition) is 1. The number of carbonyl (C=O) groups is 1. The molecule has 0 radical (unpaired) electrons. The molecule has 2 unspecified atom stereocenters. The van der Waals surface area contributed by atoms with Crippen LogP contribution < -0.4 is 5.32 Å². The van der Waals surface area contributed by atoms with Crippen LogP contribution in [0.5, 0.6) is 0 Å². The van der Waals surface area contributed by atoms with Gasteiger partial charge in [0.25, 0.3) is 0 Å². The summed E-state index contributed by atoms with van der Waals surface area (Å²) in [5.74, 6) is 0.950. The Labute approximate surface area is 120 Å². The third-order valence-corrected chi connectivity index (χ3v) is 4.65. The SMILES string of the molecule is CCCCCCCCC(=O)NCC1CCC(Br)C1. The fourth-order valence-corrected chi connectivity index (χ4v) is 3.40. The number of unbranched alkanes of at least 4 members (excludes halogenated alkanes) is 5. The fourth-order valence-electron chi connectivity index (χ4n) is 2.61. The highest BCUT2D eigenvalue weighted by Crippen LogP contribution is 2.29. The number of amides is 1. The molecule has 106 valence electrons. The van der Waals surface area contributed by atoms with Gasteiger partial charge in [0, 0.05) is 17.8 Å². The summed E-state index contributed by atoms with van der Waals surface area (Å²) in [6.45, 7) is 3.12. The quantitative estimate of drug-likeness (QED) is 0.495. The molecule has 0 aliphatic heterocycles. The topological polar surface area (TPSA) is 29.1 Å². The first-order valence-corrected chi connectivity index (χ1v) is 8.54. The lowest BCUT2D eigenvalue weighted by molar-refractivity contribution is -0.121. The van der Waals surface area contributed by atoms with Gasteiger partial charge in [-0.25, -0.2) is 0 Å². The van der Waals surface area contributed by atoms with E-state index in [1.54, 1.807) is 0 Å². The fraction of sp³-hybridized carbons (Fsp3) is 0.933. The molecule has 1 saturated carbocycles. The van der Waals surface area contributed by atoms with Crippen molar-refractivity contribution >= 4 is 21.8 Å². The first kappa shape index (κ1) is 16.0. The van der Waals surface area contributed by atoms with Crippen molar-refractivity contribution in [2.24, 2.45) is 5.92 Å². The minimum atomic E-state index is 0.253. The molecule has 0 aromatic rings. The van der Waals surface area contributed by atoms with Gasteiger partial charge in [-0.05, 0) is 31.6 Å². The summed E-state index contributed by atoms with van der Waals surface area (Å²) in [7, 11) is 0. The van der Waals surface area contributed by atoms with Gasteiger partial charge in [0.15, 0.2) is 0 Å². The van der Waals surface area contributed by atoms with E-state index in [4.69, 9.17) is 0 Å². The smallest absolute Gasteiger partial charge is 0.220 e. The summed E-state index contributed by atoms with van der Waals surface area (Å²) >= 11 is 3.64. The zero-order chi connectivity index (χ0) is 13.2. The Balaban J connectivity index is 1.91. The maximum Gasteiger partial charge on any atom is 0.220 e. The Morgan fingerprint density at radius 1 is 1.17 bits per heavy atom. The normalized spacial score (nSPS) is 23.2. The molecule has 0 heterocycles. The largest absolute Gasteiger partial charge is 0.356 e. The number of alkyl halides is 1. The third-order valence-electron chi connectivity index (χ3n) is 3.82. The van der Waals surface area contributed by atoms with Crippen molar-refractivity contribution in [3.63, 3.8) is 0 Å². The van der Waals surface area contributed by atoms with Crippen molar-refractivity contribution in [2.75, 3.05) is 6.54 Å².